The number of ether oxygens (including phenoxy) is 1. The highest BCUT2D eigenvalue weighted by molar-refractivity contribution is 6.31. The minimum atomic E-state index is -0.318. The van der Waals surface area contributed by atoms with Gasteiger partial charge < -0.3 is 10.5 Å². The fourth-order valence-electron chi connectivity index (χ4n) is 3.17. The Morgan fingerprint density at radius 2 is 2.35 bits per heavy atom. The van der Waals surface area contributed by atoms with Crippen molar-refractivity contribution in [1.29, 1.82) is 0 Å². The zero-order valence-corrected chi connectivity index (χ0v) is 12.2. The van der Waals surface area contributed by atoms with Crippen molar-refractivity contribution in [3.8, 4) is 0 Å². The summed E-state index contributed by atoms with van der Waals surface area (Å²) in [7, 11) is 0. The molecule has 3 unspecified atom stereocenters. The first-order chi connectivity index (χ1) is 9.63. The molecule has 3 rings (SSSR count). The second-order valence-electron chi connectivity index (χ2n) is 5.77. The van der Waals surface area contributed by atoms with Crippen molar-refractivity contribution in [3.05, 3.63) is 34.6 Å². The van der Waals surface area contributed by atoms with Crippen molar-refractivity contribution in [2.45, 2.75) is 37.5 Å². The third-order valence-electron chi connectivity index (χ3n) is 4.36. The number of hydrogen-bond donors (Lipinski definition) is 1. The van der Waals surface area contributed by atoms with Gasteiger partial charge in [0.15, 0.2) is 0 Å². The average molecular weight is 299 g/mol. The van der Waals surface area contributed by atoms with Crippen molar-refractivity contribution in [2.75, 3.05) is 19.7 Å². The molecule has 3 nitrogen and oxygen atoms in total. The lowest BCUT2D eigenvalue weighted by Crippen LogP contribution is -2.53. The summed E-state index contributed by atoms with van der Waals surface area (Å²) >= 11 is 6.05. The second-order valence-corrected chi connectivity index (χ2v) is 6.17. The molecule has 2 aliphatic heterocycles. The lowest BCUT2D eigenvalue weighted by atomic mass is 10.00. The molecule has 3 atom stereocenters. The molecule has 0 bridgehead atoms. The Kier molecular flexibility index (Phi) is 4.26. The summed E-state index contributed by atoms with van der Waals surface area (Å²) < 4.78 is 18.9. The normalized spacial score (nSPS) is 28.4. The zero-order valence-electron chi connectivity index (χ0n) is 11.4. The van der Waals surface area contributed by atoms with Crippen LogP contribution >= 0.6 is 11.6 Å². The molecule has 0 spiro atoms. The van der Waals surface area contributed by atoms with Gasteiger partial charge in [0.2, 0.25) is 0 Å². The summed E-state index contributed by atoms with van der Waals surface area (Å²) in [5.41, 5.74) is 7.15. The number of hydrogen-bond acceptors (Lipinski definition) is 3. The maximum atomic E-state index is 13.0. The van der Waals surface area contributed by atoms with Crippen molar-refractivity contribution in [3.63, 3.8) is 0 Å². The van der Waals surface area contributed by atoms with Crippen LogP contribution in [-0.2, 0) is 11.2 Å². The summed E-state index contributed by atoms with van der Waals surface area (Å²) in [5, 5.41) is 0.440. The monoisotopic (exact) mass is 298 g/mol. The van der Waals surface area contributed by atoms with E-state index >= 15 is 0 Å². The molecule has 2 fully saturated rings. The maximum Gasteiger partial charge on any atom is 0.124 e. The Balaban J connectivity index is 1.62. The van der Waals surface area contributed by atoms with E-state index in [0.29, 0.717) is 17.5 Å². The largest absolute Gasteiger partial charge is 0.374 e. The molecule has 2 heterocycles. The number of morpholine rings is 1. The van der Waals surface area contributed by atoms with Gasteiger partial charge in [0.05, 0.1) is 12.7 Å². The molecule has 1 aromatic carbocycles. The number of rotatable bonds is 3. The van der Waals surface area contributed by atoms with Crippen LogP contribution in [0.1, 0.15) is 18.4 Å². The van der Waals surface area contributed by atoms with E-state index in [2.05, 4.69) is 4.90 Å². The second kappa shape index (κ2) is 5.98. The Morgan fingerprint density at radius 3 is 3.15 bits per heavy atom. The van der Waals surface area contributed by atoms with Crippen molar-refractivity contribution >= 4 is 11.6 Å². The Labute approximate surface area is 123 Å². The van der Waals surface area contributed by atoms with Crippen LogP contribution in [0.2, 0.25) is 5.02 Å². The molecule has 0 aromatic heterocycles. The topological polar surface area (TPSA) is 38.5 Å². The van der Waals surface area contributed by atoms with Gasteiger partial charge in [-0.15, -0.1) is 0 Å². The molecule has 0 radical (unpaired) electrons. The van der Waals surface area contributed by atoms with Crippen LogP contribution in [-0.4, -0.2) is 42.8 Å². The van der Waals surface area contributed by atoms with Crippen molar-refractivity contribution < 1.29 is 9.13 Å². The van der Waals surface area contributed by atoms with Crippen LogP contribution in [0.25, 0.3) is 0 Å². The van der Waals surface area contributed by atoms with Crippen molar-refractivity contribution in [2.24, 2.45) is 5.73 Å². The van der Waals surface area contributed by atoms with Gasteiger partial charge in [-0.3, -0.25) is 4.90 Å². The van der Waals surface area contributed by atoms with Gasteiger partial charge in [-0.2, -0.15) is 0 Å². The van der Waals surface area contributed by atoms with Gasteiger partial charge in [-0.05, 0) is 43.5 Å². The van der Waals surface area contributed by atoms with Crippen LogP contribution < -0.4 is 5.73 Å². The number of benzene rings is 1. The molecular weight excluding hydrogens is 279 g/mol. The zero-order chi connectivity index (χ0) is 14.1. The highest BCUT2D eigenvalue weighted by Gasteiger charge is 2.34. The van der Waals surface area contributed by atoms with E-state index in [1.165, 1.54) is 25.0 Å². The third-order valence-corrected chi connectivity index (χ3v) is 4.72. The number of fused-ring (bicyclic) bond motifs is 1. The summed E-state index contributed by atoms with van der Waals surface area (Å²) in [6.45, 7) is 2.81. The lowest BCUT2D eigenvalue weighted by Gasteiger charge is -2.37. The number of nitrogens with two attached hydrogens (primary N) is 1. The summed E-state index contributed by atoms with van der Waals surface area (Å²) in [5.74, 6) is -0.318. The Hall–Kier alpha value is -0.680. The number of halogens is 2. The Bertz CT molecular complexity index is 485. The molecule has 1 aromatic rings. The van der Waals surface area contributed by atoms with Gasteiger partial charge >= 0.3 is 0 Å². The molecule has 20 heavy (non-hydrogen) atoms. The van der Waals surface area contributed by atoms with Crippen LogP contribution in [0.5, 0.6) is 0 Å². The van der Waals surface area contributed by atoms with Crippen molar-refractivity contribution in [1.82, 2.24) is 4.90 Å². The highest BCUT2D eigenvalue weighted by atomic mass is 35.5. The first-order valence-corrected chi connectivity index (χ1v) is 7.56. The van der Waals surface area contributed by atoms with E-state index in [1.807, 2.05) is 0 Å². The first-order valence-electron chi connectivity index (χ1n) is 7.18. The fraction of sp³-hybridized carbons (Fsp3) is 0.600. The van der Waals surface area contributed by atoms with Crippen LogP contribution in [0.15, 0.2) is 18.2 Å². The highest BCUT2D eigenvalue weighted by Crippen LogP contribution is 2.25. The lowest BCUT2D eigenvalue weighted by molar-refractivity contribution is -0.0589. The molecule has 0 saturated carbocycles. The van der Waals surface area contributed by atoms with E-state index < -0.39 is 0 Å². The van der Waals surface area contributed by atoms with Crippen LogP contribution in [0.4, 0.5) is 4.39 Å². The quantitative estimate of drug-likeness (QED) is 0.930. The summed E-state index contributed by atoms with van der Waals surface area (Å²) in [4.78, 5) is 2.47. The van der Waals surface area contributed by atoms with Gasteiger partial charge in [0, 0.05) is 23.7 Å². The van der Waals surface area contributed by atoms with Crippen LogP contribution in [0.3, 0.4) is 0 Å². The molecule has 110 valence electrons. The van der Waals surface area contributed by atoms with E-state index in [9.17, 15) is 4.39 Å². The molecule has 5 heteroatoms. The molecular formula is C15H20ClFN2O. The van der Waals surface area contributed by atoms with E-state index in [4.69, 9.17) is 22.1 Å². The molecule has 2 saturated heterocycles. The standard InChI is InChI=1S/C15H20ClFN2O/c16-13-7-11(17)4-3-10(13)6-14(18)15-8-19-5-1-2-12(19)9-20-15/h3-4,7,12,14-15H,1-2,5-6,8-9,18H2. The molecule has 0 amide bonds. The van der Waals surface area contributed by atoms with E-state index in [-0.39, 0.29) is 18.0 Å². The predicted octanol–water partition coefficient (Wildman–Crippen LogP) is 2.21. The van der Waals surface area contributed by atoms with Gasteiger partial charge in [-0.1, -0.05) is 17.7 Å². The third kappa shape index (κ3) is 2.98. The van der Waals surface area contributed by atoms with Gasteiger partial charge in [-0.25, -0.2) is 4.39 Å². The Morgan fingerprint density at radius 1 is 1.50 bits per heavy atom. The van der Waals surface area contributed by atoms with Gasteiger partial charge in [0.1, 0.15) is 5.82 Å². The molecule has 2 aliphatic rings. The van der Waals surface area contributed by atoms with E-state index in [0.717, 1.165) is 25.3 Å². The summed E-state index contributed by atoms with van der Waals surface area (Å²) in [6, 6.07) is 4.93. The minimum Gasteiger partial charge on any atom is -0.374 e. The smallest absolute Gasteiger partial charge is 0.124 e. The molecule has 2 N–H and O–H groups in total. The minimum absolute atomic E-state index is 0.0328. The average Bonchev–Trinajstić information content (AvgIpc) is 2.89. The first kappa shape index (κ1) is 14.3. The van der Waals surface area contributed by atoms with Crippen LogP contribution in [0, 0.1) is 5.82 Å². The SMILES string of the molecule is NC(Cc1ccc(F)cc1Cl)C1CN2CCCC2CO1. The summed E-state index contributed by atoms with van der Waals surface area (Å²) in [6.07, 6.45) is 3.12. The van der Waals surface area contributed by atoms with Gasteiger partial charge in [0.25, 0.3) is 0 Å². The molecule has 0 aliphatic carbocycles. The number of nitrogens with zero attached hydrogens (tertiary/aromatic N) is 1. The maximum absolute atomic E-state index is 13.0. The van der Waals surface area contributed by atoms with E-state index in [1.54, 1.807) is 6.07 Å². The fourth-order valence-corrected chi connectivity index (χ4v) is 3.42. The predicted molar refractivity (Wildman–Crippen MR) is 77.4 cm³/mol.